The number of phenols is 1. The van der Waals surface area contributed by atoms with Crippen molar-refractivity contribution in [1.29, 1.82) is 0 Å². The molecule has 138 valence electrons. The summed E-state index contributed by atoms with van der Waals surface area (Å²) in [5, 5.41) is 16.2. The van der Waals surface area contributed by atoms with Crippen LogP contribution in [0.25, 0.3) is 0 Å². The zero-order valence-corrected chi connectivity index (χ0v) is 14.6. The van der Waals surface area contributed by atoms with Crippen LogP contribution < -0.4 is 10.7 Å². The molecule has 2 rings (SSSR count). The summed E-state index contributed by atoms with van der Waals surface area (Å²) in [7, 11) is 0. The number of para-hydroxylation sites is 2. The second-order valence-electron chi connectivity index (χ2n) is 5.90. The second kappa shape index (κ2) is 10.7. The average molecular weight is 356 g/mol. The Bertz CT molecular complexity index is 726. The molecule has 0 aliphatic carbocycles. The van der Waals surface area contributed by atoms with Gasteiger partial charge >= 0.3 is 0 Å². The third kappa shape index (κ3) is 7.21. The third-order valence-corrected chi connectivity index (χ3v) is 3.75. The van der Waals surface area contributed by atoms with Crippen LogP contribution in [0, 0.1) is 0 Å². The number of benzene rings is 1. The third-order valence-electron chi connectivity index (χ3n) is 3.75. The molecule has 0 unspecified atom stereocenters. The summed E-state index contributed by atoms with van der Waals surface area (Å²) >= 11 is 0. The molecule has 0 spiro atoms. The number of aromatic amines is 1. The standard InChI is InChI=1S/C19H24N4O3/c24-17-10-6-5-9-16(17)22-18(25)11-3-1-2-4-12-19(26)23-21-14-15-8-7-13-20-15/h5-10,13-14,20,24H,1-4,11-12H2,(H,22,25)(H,23,26)/b21-14+. The molecule has 0 aliphatic heterocycles. The fourth-order valence-electron chi connectivity index (χ4n) is 2.37. The maximum Gasteiger partial charge on any atom is 0.240 e. The van der Waals surface area contributed by atoms with Gasteiger partial charge in [-0.2, -0.15) is 5.10 Å². The number of amides is 2. The SMILES string of the molecule is O=C(CCCCCCC(=O)Nc1ccccc1O)N/N=C/c1ccc[nH]1. The van der Waals surface area contributed by atoms with E-state index in [9.17, 15) is 14.7 Å². The van der Waals surface area contributed by atoms with Crippen molar-refractivity contribution in [3.05, 3.63) is 48.3 Å². The molecule has 0 saturated heterocycles. The van der Waals surface area contributed by atoms with Gasteiger partial charge in [-0.25, -0.2) is 5.43 Å². The van der Waals surface area contributed by atoms with E-state index < -0.39 is 0 Å². The smallest absolute Gasteiger partial charge is 0.240 e. The van der Waals surface area contributed by atoms with Crippen LogP contribution in [0.1, 0.15) is 44.2 Å². The maximum absolute atomic E-state index is 11.8. The summed E-state index contributed by atoms with van der Waals surface area (Å²) in [5.41, 5.74) is 3.74. The molecule has 7 heteroatoms. The first-order chi connectivity index (χ1) is 12.6. The van der Waals surface area contributed by atoms with E-state index in [4.69, 9.17) is 0 Å². The van der Waals surface area contributed by atoms with Crippen molar-refractivity contribution < 1.29 is 14.7 Å². The first-order valence-corrected chi connectivity index (χ1v) is 8.68. The molecule has 1 aromatic carbocycles. The zero-order chi connectivity index (χ0) is 18.6. The highest BCUT2D eigenvalue weighted by atomic mass is 16.3. The minimum absolute atomic E-state index is 0.0609. The van der Waals surface area contributed by atoms with Crippen LogP contribution in [0.2, 0.25) is 0 Å². The Morgan fingerprint density at radius 3 is 2.42 bits per heavy atom. The lowest BCUT2D eigenvalue weighted by Crippen LogP contribution is -2.17. The number of hydrogen-bond acceptors (Lipinski definition) is 4. The Kier molecular flexibility index (Phi) is 7.92. The molecule has 2 amide bonds. The summed E-state index contributed by atoms with van der Waals surface area (Å²) in [6.07, 6.45) is 7.38. The number of hydrogen-bond donors (Lipinski definition) is 4. The van der Waals surface area contributed by atoms with Gasteiger partial charge in [-0.3, -0.25) is 9.59 Å². The van der Waals surface area contributed by atoms with Crippen LogP contribution >= 0.6 is 0 Å². The number of aromatic nitrogens is 1. The average Bonchev–Trinajstić information content (AvgIpc) is 3.13. The van der Waals surface area contributed by atoms with Crippen molar-refractivity contribution in [1.82, 2.24) is 10.4 Å². The summed E-state index contributed by atoms with van der Waals surface area (Å²) in [5.74, 6) is -0.182. The van der Waals surface area contributed by atoms with Crippen molar-refractivity contribution in [3.8, 4) is 5.75 Å². The van der Waals surface area contributed by atoms with Crippen LogP contribution in [-0.4, -0.2) is 28.1 Å². The number of hydrazone groups is 1. The molecule has 2 aromatic rings. The van der Waals surface area contributed by atoms with Crippen LogP contribution in [0.5, 0.6) is 5.75 Å². The molecule has 0 atom stereocenters. The van der Waals surface area contributed by atoms with Gasteiger partial charge in [0.15, 0.2) is 0 Å². The number of anilines is 1. The van der Waals surface area contributed by atoms with Gasteiger partial charge in [0.2, 0.25) is 11.8 Å². The number of nitrogens with zero attached hydrogens (tertiary/aromatic N) is 1. The molecule has 1 heterocycles. The Labute approximate surface area is 152 Å². The number of carbonyl (C=O) groups is 2. The fraction of sp³-hybridized carbons (Fsp3) is 0.316. The van der Waals surface area contributed by atoms with Gasteiger partial charge in [0.05, 0.1) is 17.6 Å². The molecular formula is C19H24N4O3. The van der Waals surface area contributed by atoms with E-state index in [1.807, 2.05) is 12.1 Å². The first-order valence-electron chi connectivity index (χ1n) is 8.68. The number of carbonyl (C=O) groups excluding carboxylic acids is 2. The van der Waals surface area contributed by atoms with E-state index in [1.54, 1.807) is 30.6 Å². The lowest BCUT2D eigenvalue weighted by atomic mass is 10.1. The summed E-state index contributed by atoms with van der Waals surface area (Å²) in [4.78, 5) is 26.4. The van der Waals surface area contributed by atoms with Gasteiger partial charge in [-0.05, 0) is 37.1 Å². The van der Waals surface area contributed by atoms with E-state index >= 15 is 0 Å². The molecule has 7 nitrogen and oxygen atoms in total. The van der Waals surface area contributed by atoms with Crippen LogP contribution in [0.4, 0.5) is 5.69 Å². The fourth-order valence-corrected chi connectivity index (χ4v) is 2.37. The molecule has 26 heavy (non-hydrogen) atoms. The van der Waals surface area contributed by atoms with Gasteiger partial charge < -0.3 is 15.4 Å². The van der Waals surface area contributed by atoms with Crippen molar-refractivity contribution in [2.75, 3.05) is 5.32 Å². The predicted molar refractivity (Wildman–Crippen MR) is 101 cm³/mol. The molecule has 0 bridgehead atoms. The molecule has 4 N–H and O–H groups in total. The molecule has 1 aromatic heterocycles. The van der Waals surface area contributed by atoms with Crippen molar-refractivity contribution in [3.63, 3.8) is 0 Å². The molecular weight excluding hydrogens is 332 g/mol. The van der Waals surface area contributed by atoms with Gasteiger partial charge in [-0.1, -0.05) is 25.0 Å². The van der Waals surface area contributed by atoms with Gasteiger partial charge in [0, 0.05) is 19.0 Å². The number of phenolic OH excluding ortho intramolecular Hbond substituents is 1. The van der Waals surface area contributed by atoms with Crippen molar-refractivity contribution in [2.24, 2.45) is 5.10 Å². The molecule has 0 radical (unpaired) electrons. The van der Waals surface area contributed by atoms with Crippen molar-refractivity contribution in [2.45, 2.75) is 38.5 Å². The zero-order valence-electron chi connectivity index (χ0n) is 14.6. The minimum Gasteiger partial charge on any atom is -0.506 e. The van der Waals surface area contributed by atoms with Gasteiger partial charge in [-0.15, -0.1) is 0 Å². The van der Waals surface area contributed by atoms with Crippen molar-refractivity contribution >= 4 is 23.7 Å². The van der Waals surface area contributed by atoms with E-state index in [0.29, 0.717) is 18.5 Å². The number of nitrogens with one attached hydrogen (secondary N) is 3. The van der Waals surface area contributed by atoms with E-state index in [0.717, 1.165) is 31.4 Å². The maximum atomic E-state index is 11.8. The second-order valence-corrected chi connectivity index (χ2v) is 5.90. The Hall–Kier alpha value is -3.09. The molecule has 0 fully saturated rings. The first kappa shape index (κ1) is 19.2. The van der Waals surface area contributed by atoms with E-state index in [2.05, 4.69) is 20.8 Å². The highest BCUT2D eigenvalue weighted by Gasteiger charge is 2.05. The highest BCUT2D eigenvalue weighted by Crippen LogP contribution is 2.21. The number of unbranched alkanes of at least 4 members (excludes halogenated alkanes) is 3. The Morgan fingerprint density at radius 1 is 1.00 bits per heavy atom. The largest absolute Gasteiger partial charge is 0.506 e. The summed E-state index contributed by atoms with van der Waals surface area (Å²) in [6, 6.07) is 10.3. The van der Waals surface area contributed by atoms with E-state index in [-0.39, 0.29) is 17.6 Å². The molecule has 0 saturated carbocycles. The van der Waals surface area contributed by atoms with Gasteiger partial charge in [0.1, 0.15) is 5.75 Å². The lowest BCUT2D eigenvalue weighted by molar-refractivity contribution is -0.121. The Balaban J connectivity index is 1.50. The van der Waals surface area contributed by atoms with Crippen LogP contribution in [0.3, 0.4) is 0 Å². The predicted octanol–water partition coefficient (Wildman–Crippen LogP) is 3.15. The summed E-state index contributed by atoms with van der Waals surface area (Å²) < 4.78 is 0. The lowest BCUT2D eigenvalue weighted by Gasteiger charge is -2.06. The summed E-state index contributed by atoms with van der Waals surface area (Å²) in [6.45, 7) is 0. The number of rotatable bonds is 10. The Morgan fingerprint density at radius 2 is 1.73 bits per heavy atom. The van der Waals surface area contributed by atoms with Gasteiger partial charge in [0.25, 0.3) is 0 Å². The quantitative estimate of drug-likeness (QED) is 0.227. The highest BCUT2D eigenvalue weighted by molar-refractivity contribution is 5.92. The number of H-pyrrole nitrogens is 1. The van der Waals surface area contributed by atoms with E-state index in [1.165, 1.54) is 6.07 Å². The van der Waals surface area contributed by atoms with Crippen LogP contribution in [-0.2, 0) is 9.59 Å². The minimum atomic E-state index is -0.122. The normalized spacial score (nSPS) is 10.8. The van der Waals surface area contributed by atoms with Crippen LogP contribution in [0.15, 0.2) is 47.7 Å². The number of aromatic hydroxyl groups is 1. The monoisotopic (exact) mass is 356 g/mol. The topological polar surface area (TPSA) is 107 Å². The molecule has 0 aliphatic rings.